The normalized spacial score (nSPS) is 17.0. The Hall–Kier alpha value is -2.43. The molecule has 0 aliphatic carbocycles. The van der Waals surface area contributed by atoms with Crippen LogP contribution in [0.15, 0.2) is 72.3 Å². The lowest BCUT2D eigenvalue weighted by Gasteiger charge is -2.25. The van der Waals surface area contributed by atoms with Crippen molar-refractivity contribution in [3.8, 4) is 0 Å². The molecule has 0 spiro atoms. The molecule has 1 heterocycles. The zero-order valence-corrected chi connectivity index (χ0v) is 14.4. The van der Waals surface area contributed by atoms with Crippen molar-refractivity contribution in [1.29, 1.82) is 0 Å². The fourth-order valence-corrected chi connectivity index (χ4v) is 2.85. The molecule has 1 aliphatic rings. The molecule has 1 unspecified atom stereocenters. The Balaban J connectivity index is 1.70. The third kappa shape index (κ3) is 5.28. The number of benzene rings is 2. The highest BCUT2D eigenvalue weighted by Crippen LogP contribution is 2.17. The predicted molar refractivity (Wildman–Crippen MR) is 96.3 cm³/mol. The molecule has 4 heteroatoms. The number of carbonyl (C=O) groups is 1. The van der Waals surface area contributed by atoms with Crippen LogP contribution in [0.1, 0.15) is 24.5 Å². The average Bonchev–Trinajstić information content (AvgIpc) is 3.01. The first-order chi connectivity index (χ1) is 12.2. The minimum atomic E-state index is -0.229. The van der Waals surface area contributed by atoms with Gasteiger partial charge in [-0.25, -0.2) is 4.79 Å². The molecule has 0 saturated carbocycles. The molecule has 130 valence electrons. The fourth-order valence-electron chi connectivity index (χ4n) is 2.85. The van der Waals surface area contributed by atoms with E-state index in [0.717, 1.165) is 0 Å². The zero-order valence-electron chi connectivity index (χ0n) is 14.4. The lowest BCUT2D eigenvalue weighted by molar-refractivity contribution is -0.193. The van der Waals surface area contributed by atoms with Gasteiger partial charge in [0, 0.05) is 25.1 Å². The molecule has 1 aliphatic heterocycles. The molecule has 4 nitrogen and oxygen atoms in total. The Morgan fingerprint density at radius 2 is 1.60 bits per heavy atom. The van der Waals surface area contributed by atoms with Crippen molar-refractivity contribution >= 4 is 5.97 Å². The summed E-state index contributed by atoms with van der Waals surface area (Å²) in [6.07, 6.45) is 2.32. The van der Waals surface area contributed by atoms with Gasteiger partial charge in [-0.1, -0.05) is 60.7 Å². The standard InChI is InChI=1S/C21H23NO3/c1-17(14-20-12-13-24-21(20)23)25-22(15-18-8-4-2-5-9-18)16-19-10-6-3-7-11-19/h2-11,14,17H,12-13,15-16H2,1H3/b20-14+. The van der Waals surface area contributed by atoms with Crippen LogP contribution in [0.3, 0.4) is 0 Å². The van der Waals surface area contributed by atoms with Crippen LogP contribution < -0.4 is 0 Å². The van der Waals surface area contributed by atoms with Crippen molar-refractivity contribution in [3.05, 3.63) is 83.4 Å². The van der Waals surface area contributed by atoms with E-state index in [4.69, 9.17) is 9.57 Å². The highest BCUT2D eigenvalue weighted by molar-refractivity contribution is 5.90. The van der Waals surface area contributed by atoms with Crippen molar-refractivity contribution < 1.29 is 14.4 Å². The van der Waals surface area contributed by atoms with Gasteiger partial charge in [-0.15, -0.1) is 0 Å². The molecule has 2 aromatic rings. The maximum absolute atomic E-state index is 11.6. The quantitative estimate of drug-likeness (QED) is 0.437. The maximum atomic E-state index is 11.6. The summed E-state index contributed by atoms with van der Waals surface area (Å²) >= 11 is 0. The lowest BCUT2D eigenvalue weighted by atomic mass is 10.2. The highest BCUT2D eigenvalue weighted by Gasteiger charge is 2.20. The average molecular weight is 337 g/mol. The van der Waals surface area contributed by atoms with E-state index in [0.29, 0.717) is 31.7 Å². The van der Waals surface area contributed by atoms with Gasteiger partial charge < -0.3 is 4.74 Å². The third-order valence-corrected chi connectivity index (χ3v) is 4.02. The van der Waals surface area contributed by atoms with Crippen LogP contribution in [0.2, 0.25) is 0 Å². The van der Waals surface area contributed by atoms with Crippen molar-refractivity contribution in [2.24, 2.45) is 0 Å². The smallest absolute Gasteiger partial charge is 0.333 e. The van der Waals surface area contributed by atoms with Gasteiger partial charge in [0.05, 0.1) is 12.7 Å². The van der Waals surface area contributed by atoms with Crippen molar-refractivity contribution in [1.82, 2.24) is 5.06 Å². The van der Waals surface area contributed by atoms with Gasteiger partial charge in [-0.05, 0) is 24.1 Å². The fraction of sp³-hybridized carbons (Fsp3) is 0.286. The Kier molecular flexibility index (Phi) is 5.99. The van der Waals surface area contributed by atoms with E-state index in [1.165, 1.54) is 11.1 Å². The molecule has 2 aromatic carbocycles. The molecule has 1 saturated heterocycles. The van der Waals surface area contributed by atoms with Crippen LogP contribution in [0.5, 0.6) is 0 Å². The van der Waals surface area contributed by atoms with E-state index < -0.39 is 0 Å². The van der Waals surface area contributed by atoms with E-state index in [1.807, 2.05) is 54.5 Å². The molecular weight excluding hydrogens is 314 g/mol. The number of carbonyl (C=O) groups excluding carboxylic acids is 1. The summed E-state index contributed by atoms with van der Waals surface area (Å²) in [5, 5.41) is 1.94. The number of ether oxygens (including phenoxy) is 1. The molecule has 0 N–H and O–H groups in total. The molecule has 1 atom stereocenters. The molecule has 3 rings (SSSR count). The summed E-state index contributed by atoms with van der Waals surface area (Å²) < 4.78 is 4.99. The van der Waals surface area contributed by atoms with E-state index in [-0.39, 0.29) is 12.1 Å². The molecule has 25 heavy (non-hydrogen) atoms. The first-order valence-corrected chi connectivity index (χ1v) is 8.58. The number of rotatable bonds is 7. The molecule has 0 radical (unpaired) electrons. The van der Waals surface area contributed by atoms with Gasteiger partial charge in [0.1, 0.15) is 0 Å². The van der Waals surface area contributed by atoms with Crippen molar-refractivity contribution in [3.63, 3.8) is 0 Å². The Bertz CT molecular complexity index is 671. The molecule has 0 bridgehead atoms. The van der Waals surface area contributed by atoms with Crippen LogP contribution >= 0.6 is 0 Å². The summed E-state index contributed by atoms with van der Waals surface area (Å²) in [5.41, 5.74) is 3.06. The van der Waals surface area contributed by atoms with Crippen LogP contribution in [0.4, 0.5) is 0 Å². The number of esters is 1. The summed E-state index contributed by atoms with van der Waals surface area (Å²) in [6.45, 7) is 3.76. The van der Waals surface area contributed by atoms with Gasteiger partial charge in [-0.3, -0.25) is 4.84 Å². The number of hydrogen-bond donors (Lipinski definition) is 0. The van der Waals surface area contributed by atoms with Gasteiger partial charge in [0.25, 0.3) is 0 Å². The number of nitrogens with zero attached hydrogens (tertiary/aromatic N) is 1. The van der Waals surface area contributed by atoms with Gasteiger partial charge in [-0.2, -0.15) is 5.06 Å². The predicted octanol–water partition coefficient (Wildman–Crippen LogP) is 3.88. The van der Waals surface area contributed by atoms with Gasteiger partial charge >= 0.3 is 5.97 Å². The van der Waals surface area contributed by atoms with Gasteiger partial charge in [0.15, 0.2) is 0 Å². The summed E-state index contributed by atoms with van der Waals surface area (Å²) in [5.74, 6) is -0.229. The highest BCUT2D eigenvalue weighted by atomic mass is 16.7. The second-order valence-corrected chi connectivity index (χ2v) is 6.16. The monoisotopic (exact) mass is 337 g/mol. The number of hydrogen-bond acceptors (Lipinski definition) is 4. The SMILES string of the molecule is CC(/C=C1\CCOC1=O)ON(Cc1ccccc1)Cc1ccccc1. The molecular formula is C21H23NO3. The maximum Gasteiger partial charge on any atom is 0.333 e. The lowest BCUT2D eigenvalue weighted by Crippen LogP contribution is -2.27. The Morgan fingerprint density at radius 3 is 2.08 bits per heavy atom. The topological polar surface area (TPSA) is 38.8 Å². The van der Waals surface area contributed by atoms with Gasteiger partial charge in [0.2, 0.25) is 0 Å². The van der Waals surface area contributed by atoms with Crippen LogP contribution in [-0.2, 0) is 27.5 Å². The minimum absolute atomic E-state index is 0.201. The second kappa shape index (κ2) is 8.60. The molecule has 0 aromatic heterocycles. The van der Waals surface area contributed by atoms with E-state index in [2.05, 4.69) is 24.3 Å². The van der Waals surface area contributed by atoms with E-state index >= 15 is 0 Å². The zero-order chi connectivity index (χ0) is 17.5. The Labute approximate surface area is 148 Å². The van der Waals surface area contributed by atoms with Crippen LogP contribution in [0.25, 0.3) is 0 Å². The van der Waals surface area contributed by atoms with E-state index in [9.17, 15) is 4.79 Å². The first-order valence-electron chi connectivity index (χ1n) is 8.58. The number of cyclic esters (lactones) is 1. The summed E-state index contributed by atoms with van der Waals surface area (Å²) in [7, 11) is 0. The van der Waals surface area contributed by atoms with Crippen molar-refractivity contribution in [2.45, 2.75) is 32.5 Å². The first kappa shape index (κ1) is 17.4. The van der Waals surface area contributed by atoms with Crippen molar-refractivity contribution in [2.75, 3.05) is 6.61 Å². The largest absolute Gasteiger partial charge is 0.462 e. The number of hydroxylamine groups is 2. The molecule has 1 fully saturated rings. The second-order valence-electron chi connectivity index (χ2n) is 6.16. The van der Waals surface area contributed by atoms with Crippen LogP contribution in [-0.4, -0.2) is 23.7 Å². The third-order valence-electron chi connectivity index (χ3n) is 4.02. The van der Waals surface area contributed by atoms with Crippen LogP contribution in [0, 0.1) is 0 Å². The molecule has 0 amide bonds. The summed E-state index contributed by atoms with van der Waals surface area (Å²) in [4.78, 5) is 17.7. The van der Waals surface area contributed by atoms with E-state index in [1.54, 1.807) is 0 Å². The summed E-state index contributed by atoms with van der Waals surface area (Å²) in [6, 6.07) is 20.4. The Morgan fingerprint density at radius 1 is 1.04 bits per heavy atom. The minimum Gasteiger partial charge on any atom is -0.462 e.